The maximum atomic E-state index is 12.3. The average Bonchev–Trinajstić information content (AvgIpc) is 3.18. The molecule has 0 aliphatic heterocycles. The van der Waals surface area contributed by atoms with Gasteiger partial charge in [-0.05, 0) is 36.8 Å². The quantitative estimate of drug-likeness (QED) is 0.464. The molecule has 144 valence electrons. The third-order valence-corrected chi connectivity index (χ3v) is 5.09. The molecule has 0 aliphatic carbocycles. The van der Waals surface area contributed by atoms with Crippen LogP contribution in [-0.2, 0) is 4.79 Å². The van der Waals surface area contributed by atoms with Crippen molar-refractivity contribution in [3.63, 3.8) is 0 Å². The second-order valence-corrected chi connectivity index (χ2v) is 7.48. The summed E-state index contributed by atoms with van der Waals surface area (Å²) in [7, 11) is 0. The molecule has 1 heterocycles. The van der Waals surface area contributed by atoms with Gasteiger partial charge in [-0.25, -0.2) is 9.67 Å². The van der Waals surface area contributed by atoms with Crippen molar-refractivity contribution in [1.82, 2.24) is 14.8 Å². The molecule has 0 radical (unpaired) electrons. The lowest BCUT2D eigenvalue weighted by molar-refractivity contribution is -0.113. The topological polar surface area (TPSA) is 59.8 Å². The van der Waals surface area contributed by atoms with E-state index in [1.165, 1.54) is 11.8 Å². The molecule has 0 saturated heterocycles. The minimum Gasteiger partial charge on any atom is -0.325 e. The predicted molar refractivity (Wildman–Crippen MR) is 117 cm³/mol. The molecule has 0 unspecified atom stereocenters. The molecule has 1 N–H and O–H groups in total. The van der Waals surface area contributed by atoms with Gasteiger partial charge in [0.1, 0.15) is 0 Å². The Hall–Kier alpha value is -3.38. The normalized spacial score (nSPS) is 10.7. The Morgan fingerprint density at radius 1 is 0.966 bits per heavy atom. The van der Waals surface area contributed by atoms with Gasteiger partial charge in [-0.1, -0.05) is 72.4 Å². The first-order chi connectivity index (χ1) is 14.2. The number of thioether (sulfide) groups is 1. The second-order valence-electron chi connectivity index (χ2n) is 6.54. The molecule has 3 aromatic carbocycles. The van der Waals surface area contributed by atoms with E-state index in [1.807, 2.05) is 96.5 Å². The number of carbonyl (C=O) groups is 1. The van der Waals surface area contributed by atoms with Gasteiger partial charge < -0.3 is 5.32 Å². The Bertz CT molecular complexity index is 1050. The van der Waals surface area contributed by atoms with Crippen LogP contribution in [0.25, 0.3) is 17.1 Å². The van der Waals surface area contributed by atoms with Gasteiger partial charge in [0, 0.05) is 11.3 Å². The number of benzene rings is 3. The second kappa shape index (κ2) is 8.75. The Morgan fingerprint density at radius 3 is 2.41 bits per heavy atom. The molecule has 4 rings (SSSR count). The smallest absolute Gasteiger partial charge is 0.234 e. The highest BCUT2D eigenvalue weighted by atomic mass is 32.2. The van der Waals surface area contributed by atoms with Crippen LogP contribution in [0.1, 0.15) is 5.56 Å². The van der Waals surface area contributed by atoms with E-state index >= 15 is 0 Å². The molecule has 5 nitrogen and oxygen atoms in total. The van der Waals surface area contributed by atoms with Gasteiger partial charge in [0.05, 0.1) is 11.4 Å². The van der Waals surface area contributed by atoms with Gasteiger partial charge in [-0.15, -0.1) is 5.10 Å². The SMILES string of the molecule is Cc1cccc(NC(=O)CSc2nc(-c3ccccc3)n(-c3ccccc3)n2)c1. The summed E-state index contributed by atoms with van der Waals surface area (Å²) in [6.45, 7) is 2.00. The number of nitrogens with zero attached hydrogens (tertiary/aromatic N) is 3. The molecular weight excluding hydrogens is 380 g/mol. The van der Waals surface area contributed by atoms with Crippen LogP contribution >= 0.6 is 11.8 Å². The first-order valence-corrected chi connectivity index (χ1v) is 10.2. The van der Waals surface area contributed by atoms with Gasteiger partial charge in [0.15, 0.2) is 5.82 Å². The summed E-state index contributed by atoms with van der Waals surface area (Å²) in [6, 6.07) is 27.5. The van der Waals surface area contributed by atoms with E-state index in [1.54, 1.807) is 0 Å². The number of hydrogen-bond donors (Lipinski definition) is 1. The van der Waals surface area contributed by atoms with E-state index in [2.05, 4.69) is 15.4 Å². The van der Waals surface area contributed by atoms with E-state index in [9.17, 15) is 4.79 Å². The lowest BCUT2D eigenvalue weighted by atomic mass is 10.2. The van der Waals surface area contributed by atoms with Crippen LogP contribution in [0.15, 0.2) is 90.1 Å². The number of anilines is 1. The van der Waals surface area contributed by atoms with Gasteiger partial charge in [0.2, 0.25) is 11.1 Å². The maximum Gasteiger partial charge on any atom is 0.234 e. The number of para-hydroxylation sites is 1. The summed E-state index contributed by atoms with van der Waals surface area (Å²) >= 11 is 1.32. The highest BCUT2D eigenvalue weighted by Crippen LogP contribution is 2.25. The minimum atomic E-state index is -0.0853. The zero-order valence-electron chi connectivity index (χ0n) is 15.9. The first kappa shape index (κ1) is 19.0. The number of aryl methyl sites for hydroxylation is 1. The molecule has 0 saturated carbocycles. The highest BCUT2D eigenvalue weighted by Gasteiger charge is 2.15. The number of amides is 1. The Balaban J connectivity index is 1.53. The summed E-state index contributed by atoms with van der Waals surface area (Å²) in [5.74, 6) is 0.900. The third kappa shape index (κ3) is 4.73. The number of hydrogen-bond acceptors (Lipinski definition) is 4. The fourth-order valence-corrected chi connectivity index (χ4v) is 3.55. The number of rotatable bonds is 6. The van der Waals surface area contributed by atoms with Crippen LogP contribution in [0.2, 0.25) is 0 Å². The predicted octanol–water partition coefficient (Wildman–Crippen LogP) is 4.97. The molecule has 4 aromatic rings. The van der Waals surface area contributed by atoms with Crippen LogP contribution in [0.4, 0.5) is 5.69 Å². The van der Waals surface area contributed by atoms with Gasteiger partial charge in [0.25, 0.3) is 0 Å². The Morgan fingerprint density at radius 2 is 1.69 bits per heavy atom. The van der Waals surface area contributed by atoms with Crippen molar-refractivity contribution in [2.75, 3.05) is 11.1 Å². The van der Waals surface area contributed by atoms with Crippen molar-refractivity contribution in [3.05, 3.63) is 90.5 Å². The molecule has 0 aliphatic rings. The van der Waals surface area contributed by atoms with Gasteiger partial charge in [-0.2, -0.15) is 0 Å². The van der Waals surface area contributed by atoms with Crippen LogP contribution in [0.5, 0.6) is 0 Å². The van der Waals surface area contributed by atoms with Crippen LogP contribution in [0.3, 0.4) is 0 Å². The molecule has 0 fully saturated rings. The molecule has 29 heavy (non-hydrogen) atoms. The van der Waals surface area contributed by atoms with Gasteiger partial charge >= 0.3 is 0 Å². The van der Waals surface area contributed by atoms with Crippen molar-refractivity contribution in [2.45, 2.75) is 12.1 Å². The number of aromatic nitrogens is 3. The highest BCUT2D eigenvalue weighted by molar-refractivity contribution is 7.99. The fourth-order valence-electron chi connectivity index (χ4n) is 2.93. The Labute approximate surface area is 173 Å². The molecule has 1 aromatic heterocycles. The minimum absolute atomic E-state index is 0.0853. The summed E-state index contributed by atoms with van der Waals surface area (Å²) in [4.78, 5) is 17.0. The van der Waals surface area contributed by atoms with E-state index in [-0.39, 0.29) is 11.7 Å². The summed E-state index contributed by atoms with van der Waals surface area (Å²) in [5, 5.41) is 8.12. The van der Waals surface area contributed by atoms with Crippen molar-refractivity contribution in [1.29, 1.82) is 0 Å². The Kier molecular flexibility index (Phi) is 5.72. The summed E-state index contributed by atoms with van der Waals surface area (Å²) in [6.07, 6.45) is 0. The van der Waals surface area contributed by atoms with Crippen molar-refractivity contribution >= 4 is 23.4 Å². The van der Waals surface area contributed by atoms with Crippen molar-refractivity contribution < 1.29 is 4.79 Å². The van der Waals surface area contributed by atoms with Crippen molar-refractivity contribution in [3.8, 4) is 17.1 Å². The van der Waals surface area contributed by atoms with Crippen molar-refractivity contribution in [2.24, 2.45) is 0 Å². The van der Waals surface area contributed by atoms with Crippen LogP contribution < -0.4 is 5.32 Å². The van der Waals surface area contributed by atoms with E-state index in [4.69, 9.17) is 0 Å². The zero-order valence-corrected chi connectivity index (χ0v) is 16.8. The maximum absolute atomic E-state index is 12.3. The molecule has 0 bridgehead atoms. The zero-order chi connectivity index (χ0) is 20.1. The molecule has 1 amide bonds. The number of nitrogens with one attached hydrogen (secondary N) is 1. The summed E-state index contributed by atoms with van der Waals surface area (Å²) < 4.78 is 1.82. The monoisotopic (exact) mass is 400 g/mol. The van der Waals surface area contributed by atoms with Gasteiger partial charge in [-0.3, -0.25) is 4.79 Å². The van der Waals surface area contributed by atoms with E-state index in [0.29, 0.717) is 5.16 Å². The fraction of sp³-hybridized carbons (Fsp3) is 0.0870. The third-order valence-electron chi connectivity index (χ3n) is 4.25. The summed E-state index contributed by atoms with van der Waals surface area (Å²) in [5.41, 5.74) is 3.80. The lowest BCUT2D eigenvalue weighted by Gasteiger charge is -2.05. The van der Waals surface area contributed by atoms with E-state index < -0.39 is 0 Å². The molecule has 6 heteroatoms. The van der Waals surface area contributed by atoms with Crippen LogP contribution in [0, 0.1) is 6.92 Å². The average molecular weight is 401 g/mol. The molecule has 0 spiro atoms. The first-order valence-electron chi connectivity index (χ1n) is 9.26. The molecular formula is C23H20N4OS. The van der Waals surface area contributed by atoms with E-state index in [0.717, 1.165) is 28.3 Å². The van der Waals surface area contributed by atoms with Crippen LogP contribution in [-0.4, -0.2) is 26.4 Å². The molecule has 0 atom stereocenters. The number of carbonyl (C=O) groups excluding carboxylic acids is 1. The largest absolute Gasteiger partial charge is 0.325 e. The standard InChI is InChI=1S/C23H20N4OS/c1-17-9-8-12-19(15-17)24-21(28)16-29-23-25-22(18-10-4-2-5-11-18)27(26-23)20-13-6-3-7-14-20/h2-15H,16H2,1H3,(H,24,28). The lowest BCUT2D eigenvalue weighted by Crippen LogP contribution is -2.14.